The standard InChI is InChI=1S/C17H24N4O5/c1-12(17(24)18-13-3-5-15(6-4-13)21(25)26)20-9-7-14(8-10-20)19(2)11-16(22)23/h3-6,12,14H,7-11H2,1-2H3,(H,18,24)(H,22,23). The van der Waals surface area contributed by atoms with Crippen LogP contribution in [0, 0.1) is 10.1 Å². The van der Waals surface area contributed by atoms with Crippen LogP contribution in [0.2, 0.25) is 0 Å². The molecule has 0 spiro atoms. The summed E-state index contributed by atoms with van der Waals surface area (Å²) in [6.45, 7) is 3.26. The Kier molecular flexibility index (Phi) is 6.64. The van der Waals surface area contributed by atoms with Gasteiger partial charge in [-0.05, 0) is 38.9 Å². The minimum Gasteiger partial charge on any atom is -0.480 e. The number of amides is 1. The van der Waals surface area contributed by atoms with Gasteiger partial charge in [0.05, 0.1) is 17.5 Å². The molecule has 0 aromatic heterocycles. The molecule has 0 radical (unpaired) electrons. The SMILES string of the molecule is CC(C(=O)Nc1ccc([N+](=O)[O-])cc1)N1CCC(N(C)CC(=O)O)CC1. The Morgan fingerprint density at radius 2 is 1.92 bits per heavy atom. The van der Waals surface area contributed by atoms with E-state index < -0.39 is 10.9 Å². The maximum atomic E-state index is 12.4. The van der Waals surface area contributed by atoms with Crippen LogP contribution in [-0.2, 0) is 9.59 Å². The summed E-state index contributed by atoms with van der Waals surface area (Å²) in [6, 6.07) is 5.59. The number of benzene rings is 1. The molecule has 1 saturated heterocycles. The topological polar surface area (TPSA) is 116 Å². The van der Waals surface area contributed by atoms with Crippen LogP contribution in [0.1, 0.15) is 19.8 Å². The Bertz CT molecular complexity index is 656. The molecule has 0 aliphatic carbocycles. The van der Waals surface area contributed by atoms with E-state index in [1.165, 1.54) is 24.3 Å². The molecule has 9 heteroatoms. The highest BCUT2D eigenvalue weighted by atomic mass is 16.6. The van der Waals surface area contributed by atoms with Gasteiger partial charge in [0.15, 0.2) is 0 Å². The first-order valence-corrected chi connectivity index (χ1v) is 8.49. The molecule has 26 heavy (non-hydrogen) atoms. The maximum absolute atomic E-state index is 12.4. The van der Waals surface area contributed by atoms with E-state index in [4.69, 9.17) is 5.11 Å². The third-order valence-electron chi connectivity index (χ3n) is 4.78. The highest BCUT2D eigenvalue weighted by Gasteiger charge is 2.28. The van der Waals surface area contributed by atoms with Crippen molar-refractivity contribution in [2.24, 2.45) is 0 Å². The van der Waals surface area contributed by atoms with Gasteiger partial charge in [0.1, 0.15) is 0 Å². The zero-order valence-corrected chi connectivity index (χ0v) is 14.9. The van der Waals surface area contributed by atoms with E-state index in [2.05, 4.69) is 10.2 Å². The molecule has 0 saturated carbocycles. The highest BCUT2D eigenvalue weighted by molar-refractivity contribution is 5.94. The van der Waals surface area contributed by atoms with Crippen molar-refractivity contribution in [3.05, 3.63) is 34.4 Å². The molecule has 1 atom stereocenters. The van der Waals surface area contributed by atoms with Gasteiger partial charge in [-0.3, -0.25) is 29.5 Å². The number of hydrogen-bond donors (Lipinski definition) is 2. The predicted octanol–water partition coefficient (Wildman–Crippen LogP) is 1.40. The van der Waals surface area contributed by atoms with Crippen molar-refractivity contribution in [2.45, 2.75) is 31.8 Å². The first-order chi connectivity index (χ1) is 12.3. The Hall–Kier alpha value is -2.52. The molecule has 142 valence electrons. The quantitative estimate of drug-likeness (QED) is 0.555. The average molecular weight is 364 g/mol. The molecule has 1 heterocycles. The van der Waals surface area contributed by atoms with Crippen molar-refractivity contribution in [1.82, 2.24) is 9.80 Å². The second kappa shape index (κ2) is 8.72. The first kappa shape index (κ1) is 19.8. The smallest absolute Gasteiger partial charge is 0.317 e. The van der Waals surface area contributed by atoms with Crippen molar-refractivity contribution in [1.29, 1.82) is 0 Å². The zero-order chi connectivity index (χ0) is 19.3. The number of anilines is 1. The van der Waals surface area contributed by atoms with Gasteiger partial charge >= 0.3 is 5.97 Å². The summed E-state index contributed by atoms with van der Waals surface area (Å²) in [5.41, 5.74) is 0.493. The number of piperidine rings is 1. The number of aliphatic carboxylic acids is 1. The number of rotatable bonds is 7. The number of carbonyl (C=O) groups is 2. The van der Waals surface area contributed by atoms with Gasteiger partial charge in [-0.25, -0.2) is 0 Å². The number of nitrogens with zero attached hydrogens (tertiary/aromatic N) is 3. The number of nitro groups is 1. The number of carbonyl (C=O) groups excluding carboxylic acids is 1. The van der Waals surface area contributed by atoms with Gasteiger partial charge in [-0.1, -0.05) is 0 Å². The molecule has 2 N–H and O–H groups in total. The summed E-state index contributed by atoms with van der Waals surface area (Å²) >= 11 is 0. The molecule has 1 amide bonds. The van der Waals surface area contributed by atoms with Crippen LogP contribution in [0.15, 0.2) is 24.3 Å². The maximum Gasteiger partial charge on any atom is 0.317 e. The fourth-order valence-corrected chi connectivity index (χ4v) is 3.14. The number of non-ortho nitro benzene ring substituents is 1. The number of carboxylic acids is 1. The van der Waals surface area contributed by atoms with E-state index in [9.17, 15) is 19.7 Å². The first-order valence-electron chi connectivity index (χ1n) is 8.49. The van der Waals surface area contributed by atoms with Gasteiger partial charge < -0.3 is 10.4 Å². The van der Waals surface area contributed by atoms with E-state index >= 15 is 0 Å². The Labute approximate surface area is 151 Å². The highest BCUT2D eigenvalue weighted by Crippen LogP contribution is 2.19. The van der Waals surface area contributed by atoms with Crippen molar-refractivity contribution in [3.63, 3.8) is 0 Å². The average Bonchev–Trinajstić information content (AvgIpc) is 2.61. The Morgan fingerprint density at radius 3 is 2.42 bits per heavy atom. The van der Waals surface area contributed by atoms with Crippen molar-refractivity contribution in [3.8, 4) is 0 Å². The summed E-state index contributed by atoms with van der Waals surface area (Å²) in [7, 11) is 1.80. The molecule has 1 aliphatic heterocycles. The van der Waals surface area contributed by atoms with Crippen molar-refractivity contribution in [2.75, 3.05) is 32.0 Å². The fraction of sp³-hybridized carbons (Fsp3) is 0.529. The summed E-state index contributed by atoms with van der Waals surface area (Å²) in [5, 5.41) is 22.3. The molecular weight excluding hydrogens is 340 g/mol. The normalized spacial score (nSPS) is 17.0. The zero-order valence-electron chi connectivity index (χ0n) is 14.9. The molecule has 1 aromatic carbocycles. The molecule has 1 fully saturated rings. The van der Waals surface area contributed by atoms with Crippen LogP contribution in [0.3, 0.4) is 0 Å². The summed E-state index contributed by atoms with van der Waals surface area (Å²) < 4.78 is 0. The summed E-state index contributed by atoms with van der Waals surface area (Å²) in [4.78, 5) is 37.3. The molecule has 9 nitrogen and oxygen atoms in total. The van der Waals surface area contributed by atoms with Crippen molar-refractivity contribution >= 4 is 23.3 Å². The van der Waals surface area contributed by atoms with E-state index in [1.54, 1.807) is 7.05 Å². The number of carboxylic acid groups (broad SMARTS) is 1. The minimum absolute atomic E-state index is 0.0147. The van der Waals surface area contributed by atoms with Crippen LogP contribution in [0.5, 0.6) is 0 Å². The van der Waals surface area contributed by atoms with E-state index in [0.29, 0.717) is 18.8 Å². The molecule has 1 unspecified atom stereocenters. The van der Waals surface area contributed by atoms with Crippen LogP contribution >= 0.6 is 0 Å². The number of hydrogen-bond acceptors (Lipinski definition) is 6. The van der Waals surface area contributed by atoms with Crippen LogP contribution in [0.4, 0.5) is 11.4 Å². The number of nitrogens with one attached hydrogen (secondary N) is 1. The van der Waals surface area contributed by atoms with Crippen LogP contribution < -0.4 is 5.32 Å². The van der Waals surface area contributed by atoms with E-state index in [0.717, 1.165) is 12.8 Å². The Balaban J connectivity index is 1.85. The number of likely N-dealkylation sites (N-methyl/N-ethyl adjacent to an activating group) is 1. The summed E-state index contributed by atoms with van der Waals surface area (Å²) in [6.07, 6.45) is 1.61. The molecule has 1 aromatic rings. The largest absolute Gasteiger partial charge is 0.480 e. The van der Waals surface area contributed by atoms with Gasteiger partial charge in [0.25, 0.3) is 5.69 Å². The van der Waals surface area contributed by atoms with Crippen molar-refractivity contribution < 1.29 is 19.6 Å². The van der Waals surface area contributed by atoms with Gasteiger partial charge in [-0.15, -0.1) is 0 Å². The second-order valence-electron chi connectivity index (χ2n) is 6.55. The lowest BCUT2D eigenvalue weighted by Gasteiger charge is -2.38. The summed E-state index contributed by atoms with van der Waals surface area (Å²) in [5.74, 6) is -1.01. The van der Waals surface area contributed by atoms with E-state index in [1.807, 2.05) is 11.8 Å². The number of likely N-dealkylation sites (tertiary alicyclic amines) is 1. The van der Waals surface area contributed by atoms with Gasteiger partial charge in [0, 0.05) is 37.0 Å². The third kappa shape index (κ3) is 5.24. The predicted molar refractivity (Wildman–Crippen MR) is 96.0 cm³/mol. The van der Waals surface area contributed by atoms with E-state index in [-0.39, 0.29) is 30.2 Å². The van der Waals surface area contributed by atoms with Crippen LogP contribution in [-0.4, -0.2) is 70.5 Å². The van der Waals surface area contributed by atoms with Gasteiger partial charge in [-0.2, -0.15) is 0 Å². The third-order valence-corrected chi connectivity index (χ3v) is 4.78. The minimum atomic E-state index is -0.842. The second-order valence-corrected chi connectivity index (χ2v) is 6.55. The Morgan fingerprint density at radius 1 is 1.35 bits per heavy atom. The molecule has 2 rings (SSSR count). The van der Waals surface area contributed by atoms with Gasteiger partial charge in [0.2, 0.25) is 5.91 Å². The molecule has 1 aliphatic rings. The lowest BCUT2D eigenvalue weighted by molar-refractivity contribution is -0.384. The fourth-order valence-electron chi connectivity index (χ4n) is 3.14. The lowest BCUT2D eigenvalue weighted by atomic mass is 10.0. The molecular formula is C17H24N4O5. The monoisotopic (exact) mass is 364 g/mol. The number of nitro benzene ring substituents is 1. The molecule has 0 bridgehead atoms. The van der Waals surface area contributed by atoms with Crippen LogP contribution in [0.25, 0.3) is 0 Å². The lowest BCUT2D eigenvalue weighted by Crippen LogP contribution is -2.50.